The number of ether oxygens (including phenoxy) is 1. The number of carbonyl (C=O) groups excluding carboxylic acids is 1. The Balaban J connectivity index is 1.31. The van der Waals surface area contributed by atoms with Crippen molar-refractivity contribution in [2.75, 3.05) is 24.7 Å². The lowest BCUT2D eigenvalue weighted by atomic mass is 9.83. The number of benzene rings is 2. The molecule has 10 heteroatoms. The van der Waals surface area contributed by atoms with Crippen LogP contribution in [0.25, 0.3) is 0 Å². The Hall–Kier alpha value is -3.24. The molecule has 1 N–H and O–H groups in total. The van der Waals surface area contributed by atoms with Gasteiger partial charge in [0.05, 0.1) is 31.2 Å². The van der Waals surface area contributed by atoms with E-state index in [0.29, 0.717) is 24.5 Å². The van der Waals surface area contributed by atoms with Gasteiger partial charge in [-0.25, -0.2) is 0 Å². The standard InChI is InChI=1S/C28H30F3N5O2/c1-27(6-7-27)15-32-11-17-8-21-22(23(9-17)28(29,30)31)12-36(26(21)37)20-5-3-4-18(10-20)24(19-13-38-14-19)25-34-33-16-35(25)2/h3-5,8-10,16,19,24,32H,6-7,11-15H2,1-2H3/t24-/m0/s1. The Morgan fingerprint density at radius 1 is 1.21 bits per heavy atom. The lowest BCUT2D eigenvalue weighted by molar-refractivity contribution is -0.138. The highest BCUT2D eigenvalue weighted by molar-refractivity contribution is 6.10. The highest BCUT2D eigenvalue weighted by Gasteiger charge is 2.41. The predicted molar refractivity (Wildman–Crippen MR) is 135 cm³/mol. The topological polar surface area (TPSA) is 72.3 Å². The monoisotopic (exact) mass is 525 g/mol. The number of nitrogens with one attached hydrogen (secondary N) is 1. The number of nitrogens with zero attached hydrogens (tertiary/aromatic N) is 4. The van der Waals surface area contributed by atoms with Crippen LogP contribution in [0.2, 0.25) is 0 Å². The van der Waals surface area contributed by atoms with Crippen LogP contribution in [0, 0.1) is 11.3 Å². The summed E-state index contributed by atoms with van der Waals surface area (Å²) < 4.78 is 49.7. The molecule has 3 aliphatic rings. The molecular weight excluding hydrogens is 495 g/mol. The van der Waals surface area contributed by atoms with Crippen molar-refractivity contribution in [2.45, 2.75) is 44.9 Å². The van der Waals surface area contributed by atoms with E-state index in [0.717, 1.165) is 30.8 Å². The first-order valence-electron chi connectivity index (χ1n) is 12.9. The van der Waals surface area contributed by atoms with E-state index in [9.17, 15) is 18.0 Å². The number of hydrogen-bond acceptors (Lipinski definition) is 5. The van der Waals surface area contributed by atoms with Crippen LogP contribution >= 0.6 is 0 Å². The zero-order chi connectivity index (χ0) is 26.7. The molecule has 2 aromatic carbocycles. The molecule has 2 aliphatic heterocycles. The quantitative estimate of drug-likeness (QED) is 0.463. The first-order chi connectivity index (χ1) is 18.1. The average Bonchev–Trinajstić information content (AvgIpc) is 3.27. The summed E-state index contributed by atoms with van der Waals surface area (Å²) in [5.41, 5.74) is 1.60. The number of amides is 1. The van der Waals surface area contributed by atoms with Crippen molar-refractivity contribution in [3.63, 3.8) is 0 Å². The molecule has 200 valence electrons. The summed E-state index contributed by atoms with van der Waals surface area (Å²) in [6.07, 6.45) is -0.671. The molecule has 3 aromatic rings. The average molecular weight is 526 g/mol. The Kier molecular flexibility index (Phi) is 6.07. The van der Waals surface area contributed by atoms with Gasteiger partial charge in [-0.15, -0.1) is 10.2 Å². The van der Waals surface area contributed by atoms with Gasteiger partial charge in [-0.3, -0.25) is 4.79 Å². The van der Waals surface area contributed by atoms with E-state index in [1.807, 2.05) is 29.8 Å². The predicted octanol–water partition coefficient (Wildman–Crippen LogP) is 4.66. The van der Waals surface area contributed by atoms with Crippen molar-refractivity contribution in [3.05, 3.63) is 76.4 Å². The van der Waals surface area contributed by atoms with Crippen molar-refractivity contribution < 1.29 is 22.7 Å². The van der Waals surface area contributed by atoms with Gasteiger partial charge in [-0.1, -0.05) is 19.1 Å². The third-order valence-electron chi connectivity index (χ3n) is 8.09. The van der Waals surface area contributed by atoms with Crippen molar-refractivity contribution in [2.24, 2.45) is 18.4 Å². The molecule has 7 nitrogen and oxygen atoms in total. The molecule has 0 bridgehead atoms. The number of hydrogen-bond donors (Lipinski definition) is 1. The second kappa shape index (κ2) is 9.20. The zero-order valence-corrected chi connectivity index (χ0v) is 21.4. The Morgan fingerprint density at radius 3 is 2.63 bits per heavy atom. The molecule has 38 heavy (non-hydrogen) atoms. The normalized spacial score (nSPS) is 19.4. The first kappa shape index (κ1) is 25.1. The number of halogens is 3. The van der Waals surface area contributed by atoms with Crippen molar-refractivity contribution in [1.82, 2.24) is 20.1 Å². The van der Waals surface area contributed by atoms with E-state index < -0.39 is 17.6 Å². The lowest BCUT2D eigenvalue weighted by Crippen LogP contribution is -2.35. The van der Waals surface area contributed by atoms with Crippen molar-refractivity contribution >= 4 is 11.6 Å². The summed E-state index contributed by atoms with van der Waals surface area (Å²) in [4.78, 5) is 15.0. The van der Waals surface area contributed by atoms with E-state index in [-0.39, 0.29) is 41.5 Å². The Labute approximate surface area is 219 Å². The molecule has 0 radical (unpaired) electrons. The van der Waals surface area contributed by atoms with Gasteiger partial charge in [0.1, 0.15) is 12.2 Å². The lowest BCUT2D eigenvalue weighted by Gasteiger charge is -2.33. The van der Waals surface area contributed by atoms with Crippen LogP contribution in [0.15, 0.2) is 42.7 Å². The molecule has 3 heterocycles. The summed E-state index contributed by atoms with van der Waals surface area (Å²) in [5, 5.41) is 11.6. The van der Waals surface area contributed by atoms with Gasteiger partial charge in [0, 0.05) is 37.3 Å². The molecule has 0 unspecified atom stereocenters. The van der Waals surface area contributed by atoms with Gasteiger partial charge >= 0.3 is 6.18 Å². The van der Waals surface area contributed by atoms with E-state index in [4.69, 9.17) is 4.74 Å². The molecule has 1 aromatic heterocycles. The number of rotatable bonds is 8. The van der Waals surface area contributed by atoms with E-state index in [1.165, 1.54) is 11.0 Å². The third-order valence-corrected chi connectivity index (χ3v) is 8.09. The van der Waals surface area contributed by atoms with E-state index in [2.05, 4.69) is 22.4 Å². The summed E-state index contributed by atoms with van der Waals surface area (Å²) >= 11 is 0. The first-order valence-corrected chi connectivity index (χ1v) is 12.9. The van der Waals surface area contributed by atoms with Gasteiger partial charge in [0.15, 0.2) is 0 Å². The van der Waals surface area contributed by atoms with E-state index >= 15 is 0 Å². The maximum absolute atomic E-state index is 14.1. The van der Waals surface area contributed by atoms with Gasteiger partial charge < -0.3 is 19.5 Å². The third kappa shape index (κ3) is 4.60. The summed E-state index contributed by atoms with van der Waals surface area (Å²) in [5.74, 6) is 0.460. The highest BCUT2D eigenvalue weighted by Crippen LogP contribution is 2.44. The fourth-order valence-electron chi connectivity index (χ4n) is 5.47. The number of fused-ring (bicyclic) bond motifs is 1. The van der Waals surface area contributed by atoms with Crippen LogP contribution in [-0.4, -0.2) is 40.4 Å². The van der Waals surface area contributed by atoms with Crippen LogP contribution in [0.3, 0.4) is 0 Å². The molecule has 0 spiro atoms. The minimum Gasteiger partial charge on any atom is -0.381 e. The minimum absolute atomic E-state index is 0.0306. The molecule has 1 amide bonds. The van der Waals surface area contributed by atoms with Gasteiger partial charge in [-0.05, 0) is 59.2 Å². The number of carbonyl (C=O) groups is 1. The van der Waals surface area contributed by atoms with Gasteiger partial charge in [0.2, 0.25) is 0 Å². The summed E-state index contributed by atoms with van der Waals surface area (Å²) in [6.45, 7) is 4.24. The molecule has 6 rings (SSSR count). The van der Waals surface area contributed by atoms with Crippen LogP contribution in [-0.2, 0) is 31.1 Å². The van der Waals surface area contributed by atoms with E-state index in [1.54, 1.807) is 18.5 Å². The van der Waals surface area contributed by atoms with Crippen LogP contribution in [0.1, 0.15) is 64.1 Å². The maximum Gasteiger partial charge on any atom is 0.416 e. The molecule has 2 fully saturated rings. The molecular formula is C28H30F3N5O2. The van der Waals surface area contributed by atoms with Gasteiger partial charge in [0.25, 0.3) is 5.91 Å². The zero-order valence-electron chi connectivity index (χ0n) is 21.4. The second-order valence-electron chi connectivity index (χ2n) is 11.1. The summed E-state index contributed by atoms with van der Waals surface area (Å²) in [6, 6.07) is 10.3. The van der Waals surface area contributed by atoms with Crippen LogP contribution < -0.4 is 10.2 Å². The Bertz CT molecular complexity index is 1380. The molecule has 1 atom stereocenters. The minimum atomic E-state index is -4.55. The van der Waals surface area contributed by atoms with Crippen LogP contribution in [0.4, 0.5) is 18.9 Å². The molecule has 1 aliphatic carbocycles. The highest BCUT2D eigenvalue weighted by atomic mass is 19.4. The van der Waals surface area contributed by atoms with Crippen molar-refractivity contribution in [3.8, 4) is 0 Å². The molecule has 1 saturated carbocycles. The number of aryl methyl sites for hydroxylation is 1. The maximum atomic E-state index is 14.1. The second-order valence-corrected chi connectivity index (χ2v) is 11.1. The fourth-order valence-corrected chi connectivity index (χ4v) is 5.47. The largest absolute Gasteiger partial charge is 0.416 e. The summed E-state index contributed by atoms with van der Waals surface area (Å²) in [7, 11) is 1.88. The van der Waals surface area contributed by atoms with Crippen LogP contribution in [0.5, 0.6) is 0 Å². The van der Waals surface area contributed by atoms with Gasteiger partial charge in [-0.2, -0.15) is 13.2 Å². The number of alkyl halides is 3. The smallest absolute Gasteiger partial charge is 0.381 e. The fraction of sp³-hybridized carbons (Fsp3) is 0.464. The number of anilines is 1. The molecule has 1 saturated heterocycles. The SMILES string of the molecule is Cn1cnnc1[C@@H](c1cccc(N2Cc3c(cc(CNCC4(C)CC4)cc3C(F)(F)F)C2=O)c1)C1COC1. The number of aromatic nitrogens is 3. The Morgan fingerprint density at radius 2 is 2.00 bits per heavy atom. The van der Waals surface area contributed by atoms with Crippen molar-refractivity contribution in [1.29, 1.82) is 0 Å².